The van der Waals surface area contributed by atoms with Crippen LogP contribution in [-0.4, -0.2) is 12.1 Å². The first-order chi connectivity index (χ1) is 13.1. The SMILES string of the molecule is O=C(Nc1ccc(N=CC=Cc2cccc(Br)c2)cc1Br)c1ccccc1. The summed E-state index contributed by atoms with van der Waals surface area (Å²) in [6, 6.07) is 22.7. The lowest BCUT2D eigenvalue weighted by atomic mass is 10.2. The molecule has 134 valence electrons. The quantitative estimate of drug-likeness (QED) is 0.395. The molecule has 0 fully saturated rings. The van der Waals surface area contributed by atoms with E-state index in [9.17, 15) is 4.79 Å². The zero-order chi connectivity index (χ0) is 19.1. The molecule has 0 bridgehead atoms. The van der Waals surface area contributed by atoms with E-state index in [4.69, 9.17) is 0 Å². The van der Waals surface area contributed by atoms with Gasteiger partial charge in [0.15, 0.2) is 0 Å². The molecule has 3 aromatic rings. The monoisotopic (exact) mass is 482 g/mol. The number of amides is 1. The van der Waals surface area contributed by atoms with Gasteiger partial charge in [-0.25, -0.2) is 0 Å². The molecular formula is C22H16Br2N2O. The lowest BCUT2D eigenvalue weighted by Crippen LogP contribution is -2.11. The summed E-state index contributed by atoms with van der Waals surface area (Å²) >= 11 is 6.94. The number of carbonyl (C=O) groups excluding carboxylic acids is 1. The zero-order valence-electron chi connectivity index (χ0n) is 14.3. The summed E-state index contributed by atoms with van der Waals surface area (Å²) in [6.45, 7) is 0. The number of nitrogens with zero attached hydrogens (tertiary/aromatic N) is 1. The van der Waals surface area contributed by atoms with Crippen molar-refractivity contribution in [3.8, 4) is 0 Å². The van der Waals surface area contributed by atoms with E-state index in [1.807, 2.05) is 72.8 Å². The Bertz CT molecular complexity index is 998. The normalized spacial score (nSPS) is 11.2. The Morgan fingerprint density at radius 2 is 1.74 bits per heavy atom. The maximum Gasteiger partial charge on any atom is 0.255 e. The van der Waals surface area contributed by atoms with Crippen molar-refractivity contribution in [1.29, 1.82) is 0 Å². The molecule has 3 nitrogen and oxygen atoms in total. The number of nitrogens with one attached hydrogen (secondary N) is 1. The third-order valence-electron chi connectivity index (χ3n) is 3.68. The first-order valence-corrected chi connectivity index (χ1v) is 9.83. The number of allylic oxidation sites excluding steroid dienone is 1. The molecule has 0 spiro atoms. The first kappa shape index (κ1) is 19.3. The van der Waals surface area contributed by atoms with Gasteiger partial charge in [-0.15, -0.1) is 0 Å². The minimum atomic E-state index is -0.149. The highest BCUT2D eigenvalue weighted by molar-refractivity contribution is 9.10. The van der Waals surface area contributed by atoms with Crippen molar-refractivity contribution in [3.63, 3.8) is 0 Å². The predicted octanol–water partition coefficient (Wildman–Crippen LogP) is 6.88. The third kappa shape index (κ3) is 5.74. The molecule has 27 heavy (non-hydrogen) atoms. The van der Waals surface area contributed by atoms with Gasteiger partial charge in [-0.05, 0) is 70.0 Å². The Kier molecular flexibility index (Phi) is 6.74. The smallest absolute Gasteiger partial charge is 0.255 e. The highest BCUT2D eigenvalue weighted by Gasteiger charge is 2.08. The van der Waals surface area contributed by atoms with Gasteiger partial charge in [0, 0.05) is 20.7 Å². The maximum atomic E-state index is 12.2. The molecule has 0 aromatic heterocycles. The van der Waals surface area contributed by atoms with Crippen molar-refractivity contribution in [2.45, 2.75) is 0 Å². The molecule has 0 aliphatic heterocycles. The van der Waals surface area contributed by atoms with Crippen LogP contribution in [0.15, 0.2) is 92.8 Å². The fourth-order valence-electron chi connectivity index (χ4n) is 2.36. The van der Waals surface area contributed by atoms with Gasteiger partial charge in [0.25, 0.3) is 5.91 Å². The molecule has 0 heterocycles. The lowest BCUT2D eigenvalue weighted by molar-refractivity contribution is 0.102. The summed E-state index contributed by atoms with van der Waals surface area (Å²) in [7, 11) is 0. The van der Waals surface area contributed by atoms with E-state index in [-0.39, 0.29) is 5.91 Å². The van der Waals surface area contributed by atoms with Crippen LogP contribution >= 0.6 is 31.9 Å². The molecule has 1 amide bonds. The van der Waals surface area contributed by atoms with Crippen LogP contribution in [0.3, 0.4) is 0 Å². The van der Waals surface area contributed by atoms with E-state index >= 15 is 0 Å². The van der Waals surface area contributed by atoms with Gasteiger partial charge in [0.05, 0.1) is 11.4 Å². The molecule has 0 aliphatic carbocycles. The van der Waals surface area contributed by atoms with E-state index < -0.39 is 0 Å². The number of carbonyl (C=O) groups is 1. The van der Waals surface area contributed by atoms with Crippen molar-refractivity contribution in [2.24, 2.45) is 4.99 Å². The van der Waals surface area contributed by atoms with Crippen LogP contribution in [0.4, 0.5) is 11.4 Å². The van der Waals surface area contributed by atoms with Crippen molar-refractivity contribution in [3.05, 3.63) is 98.9 Å². The van der Waals surface area contributed by atoms with Crippen LogP contribution in [0.2, 0.25) is 0 Å². The first-order valence-electron chi connectivity index (χ1n) is 8.24. The highest BCUT2D eigenvalue weighted by atomic mass is 79.9. The fraction of sp³-hybridized carbons (Fsp3) is 0. The second-order valence-electron chi connectivity index (χ2n) is 5.68. The number of hydrogen-bond donors (Lipinski definition) is 1. The van der Waals surface area contributed by atoms with Crippen molar-refractivity contribution < 1.29 is 4.79 Å². The highest BCUT2D eigenvalue weighted by Crippen LogP contribution is 2.27. The van der Waals surface area contributed by atoms with Crippen LogP contribution < -0.4 is 5.32 Å². The topological polar surface area (TPSA) is 41.5 Å². The average molecular weight is 484 g/mol. The molecule has 0 atom stereocenters. The van der Waals surface area contributed by atoms with Gasteiger partial charge in [-0.3, -0.25) is 9.79 Å². The number of anilines is 1. The van der Waals surface area contributed by atoms with Gasteiger partial charge in [-0.2, -0.15) is 0 Å². The largest absolute Gasteiger partial charge is 0.321 e. The molecule has 0 radical (unpaired) electrons. The second kappa shape index (κ2) is 9.44. The molecule has 3 aromatic carbocycles. The van der Waals surface area contributed by atoms with Crippen LogP contribution in [0, 0.1) is 0 Å². The Balaban J connectivity index is 1.65. The molecule has 5 heteroatoms. The summed E-state index contributed by atoms with van der Waals surface area (Å²) in [6.07, 6.45) is 5.61. The van der Waals surface area contributed by atoms with Crippen LogP contribution in [0.5, 0.6) is 0 Å². The van der Waals surface area contributed by atoms with E-state index in [0.29, 0.717) is 11.3 Å². The van der Waals surface area contributed by atoms with E-state index in [0.717, 1.165) is 20.2 Å². The number of rotatable bonds is 5. The molecule has 0 aliphatic rings. The molecule has 0 unspecified atom stereocenters. The van der Waals surface area contributed by atoms with Crippen molar-refractivity contribution in [1.82, 2.24) is 0 Å². The Labute approximate surface area is 175 Å². The van der Waals surface area contributed by atoms with Crippen LogP contribution in [0.1, 0.15) is 15.9 Å². The van der Waals surface area contributed by atoms with Crippen LogP contribution in [-0.2, 0) is 0 Å². The van der Waals surface area contributed by atoms with Gasteiger partial charge in [0.1, 0.15) is 0 Å². The molecule has 0 saturated heterocycles. The molecule has 0 saturated carbocycles. The Morgan fingerprint density at radius 3 is 2.48 bits per heavy atom. The molecular weight excluding hydrogens is 468 g/mol. The zero-order valence-corrected chi connectivity index (χ0v) is 17.4. The van der Waals surface area contributed by atoms with E-state index in [2.05, 4.69) is 42.2 Å². The van der Waals surface area contributed by atoms with E-state index in [1.54, 1.807) is 18.3 Å². The minimum Gasteiger partial charge on any atom is -0.321 e. The lowest BCUT2D eigenvalue weighted by Gasteiger charge is -2.08. The van der Waals surface area contributed by atoms with Gasteiger partial charge < -0.3 is 5.32 Å². The fourth-order valence-corrected chi connectivity index (χ4v) is 3.25. The summed E-state index contributed by atoms with van der Waals surface area (Å²) in [5, 5.41) is 2.89. The van der Waals surface area contributed by atoms with Gasteiger partial charge in [-0.1, -0.05) is 52.3 Å². The summed E-state index contributed by atoms with van der Waals surface area (Å²) < 4.78 is 1.82. The minimum absolute atomic E-state index is 0.149. The summed E-state index contributed by atoms with van der Waals surface area (Å²) in [4.78, 5) is 16.7. The number of hydrogen-bond acceptors (Lipinski definition) is 2. The van der Waals surface area contributed by atoms with Gasteiger partial charge in [0.2, 0.25) is 0 Å². The summed E-state index contributed by atoms with van der Waals surface area (Å²) in [5.74, 6) is -0.149. The maximum absolute atomic E-state index is 12.2. The van der Waals surface area contributed by atoms with Crippen molar-refractivity contribution >= 4 is 61.4 Å². The molecule has 1 N–H and O–H groups in total. The predicted molar refractivity (Wildman–Crippen MR) is 120 cm³/mol. The van der Waals surface area contributed by atoms with Crippen molar-refractivity contribution in [2.75, 3.05) is 5.32 Å². The standard InChI is InChI=1S/C22H16Br2N2O/c23-18-10-4-6-16(14-18)7-5-13-25-19-11-12-21(20(24)15-19)26-22(27)17-8-2-1-3-9-17/h1-15H,(H,26,27). The summed E-state index contributed by atoms with van der Waals surface area (Å²) in [5.41, 5.74) is 3.20. The number of aliphatic imine (C=N–C) groups is 1. The average Bonchev–Trinajstić information content (AvgIpc) is 2.68. The van der Waals surface area contributed by atoms with E-state index in [1.165, 1.54) is 0 Å². The van der Waals surface area contributed by atoms with Crippen LogP contribution in [0.25, 0.3) is 6.08 Å². The second-order valence-corrected chi connectivity index (χ2v) is 7.45. The molecule has 3 rings (SSSR count). The number of benzene rings is 3. The number of halogens is 2. The Hall–Kier alpha value is -2.50. The Morgan fingerprint density at radius 1 is 0.926 bits per heavy atom. The third-order valence-corrected chi connectivity index (χ3v) is 4.83. The van der Waals surface area contributed by atoms with Gasteiger partial charge >= 0.3 is 0 Å².